The molecule has 0 bridgehead atoms. The molecule has 2 fully saturated rings. The lowest BCUT2D eigenvalue weighted by Gasteiger charge is -2.35. The van der Waals surface area contributed by atoms with Crippen LogP contribution in [0.15, 0.2) is 47.8 Å². The van der Waals surface area contributed by atoms with E-state index in [0.29, 0.717) is 6.54 Å². The standard InChI is InChI=1S/C29H36N4O2S/c1-19(30-2)27(34)32-26(21-11-4-3-5-12-21)29(35)33-17-9-16-25(33)28-31-24(18-36-28)23-15-8-13-20-10-6-7-14-22(20)23/h6-8,10,13-15,18-19,21,25-26,30H,3-5,9,11-12,16-17H2,1-2H3,(H,32,34)/t19-,25-,26?/m1/s1. The Morgan fingerprint density at radius 3 is 2.61 bits per heavy atom. The van der Waals surface area contributed by atoms with Gasteiger partial charge in [-0.15, -0.1) is 11.3 Å². The smallest absolute Gasteiger partial charge is 0.246 e. The fourth-order valence-corrected chi connectivity index (χ4v) is 6.70. The van der Waals surface area contributed by atoms with Gasteiger partial charge in [-0.25, -0.2) is 4.98 Å². The molecule has 1 saturated heterocycles. The fourth-order valence-electron chi connectivity index (χ4n) is 5.74. The van der Waals surface area contributed by atoms with Crippen molar-refractivity contribution in [3.05, 3.63) is 52.9 Å². The predicted molar refractivity (Wildman–Crippen MR) is 146 cm³/mol. The first-order valence-corrected chi connectivity index (χ1v) is 14.2. The summed E-state index contributed by atoms with van der Waals surface area (Å²) in [5, 5.41) is 11.6. The fraction of sp³-hybridized carbons (Fsp3) is 0.483. The Balaban J connectivity index is 1.40. The van der Waals surface area contributed by atoms with Crippen molar-refractivity contribution in [1.82, 2.24) is 20.5 Å². The molecule has 36 heavy (non-hydrogen) atoms. The summed E-state index contributed by atoms with van der Waals surface area (Å²) in [4.78, 5) is 33.8. The van der Waals surface area contributed by atoms with Crippen molar-refractivity contribution in [3.63, 3.8) is 0 Å². The van der Waals surface area contributed by atoms with E-state index in [-0.39, 0.29) is 29.8 Å². The third-order valence-corrected chi connectivity index (χ3v) is 8.87. The van der Waals surface area contributed by atoms with Gasteiger partial charge in [0.2, 0.25) is 11.8 Å². The Bertz CT molecular complexity index is 1210. The summed E-state index contributed by atoms with van der Waals surface area (Å²) in [7, 11) is 1.77. The molecule has 2 N–H and O–H groups in total. The van der Waals surface area contributed by atoms with E-state index in [9.17, 15) is 9.59 Å². The van der Waals surface area contributed by atoms with Crippen LogP contribution in [0, 0.1) is 5.92 Å². The normalized spacial score (nSPS) is 20.4. The summed E-state index contributed by atoms with van der Waals surface area (Å²) >= 11 is 1.64. The molecule has 1 unspecified atom stereocenters. The molecule has 6 nitrogen and oxygen atoms in total. The number of carbonyl (C=O) groups is 2. The first-order chi connectivity index (χ1) is 17.6. The number of nitrogens with zero attached hydrogens (tertiary/aromatic N) is 2. The van der Waals surface area contributed by atoms with Gasteiger partial charge in [-0.05, 0) is 56.3 Å². The largest absolute Gasteiger partial charge is 0.343 e. The van der Waals surface area contributed by atoms with Crippen molar-refractivity contribution in [3.8, 4) is 11.3 Å². The minimum atomic E-state index is -0.466. The molecule has 3 atom stereocenters. The predicted octanol–water partition coefficient (Wildman–Crippen LogP) is 5.30. The van der Waals surface area contributed by atoms with E-state index in [1.54, 1.807) is 18.4 Å². The SMILES string of the molecule is CN[C@H](C)C(=O)NC(C(=O)N1CCC[C@@H]1c1nc(-c2cccc3ccccc23)cs1)C1CCCCC1. The molecule has 3 aromatic rings. The van der Waals surface area contributed by atoms with Crippen LogP contribution >= 0.6 is 11.3 Å². The molecular formula is C29H36N4O2S. The number of aromatic nitrogens is 1. The monoisotopic (exact) mass is 504 g/mol. The van der Waals surface area contributed by atoms with Crippen molar-refractivity contribution < 1.29 is 9.59 Å². The highest BCUT2D eigenvalue weighted by Gasteiger charge is 2.40. The van der Waals surface area contributed by atoms with Crippen LogP contribution in [-0.2, 0) is 9.59 Å². The van der Waals surface area contributed by atoms with Gasteiger partial charge in [0, 0.05) is 17.5 Å². The van der Waals surface area contributed by atoms with Crippen molar-refractivity contribution in [2.45, 2.75) is 70.0 Å². The number of rotatable bonds is 7. The number of carbonyl (C=O) groups excluding carboxylic acids is 2. The Labute approximate surface area is 217 Å². The highest BCUT2D eigenvalue weighted by molar-refractivity contribution is 7.10. The minimum Gasteiger partial charge on any atom is -0.343 e. The molecule has 2 heterocycles. The Morgan fingerprint density at radius 2 is 1.81 bits per heavy atom. The van der Waals surface area contributed by atoms with E-state index in [4.69, 9.17) is 4.98 Å². The number of hydrogen-bond donors (Lipinski definition) is 2. The number of amides is 2. The maximum absolute atomic E-state index is 14.0. The Hall–Kier alpha value is -2.77. The summed E-state index contributed by atoms with van der Waals surface area (Å²) in [6.07, 6.45) is 7.30. The zero-order valence-corrected chi connectivity index (χ0v) is 22.0. The maximum Gasteiger partial charge on any atom is 0.246 e. The second-order valence-electron chi connectivity index (χ2n) is 10.2. The van der Waals surface area contributed by atoms with Crippen molar-refractivity contribution in [1.29, 1.82) is 0 Å². The summed E-state index contributed by atoms with van der Waals surface area (Å²) in [5.41, 5.74) is 2.09. The van der Waals surface area contributed by atoms with Crippen LogP contribution < -0.4 is 10.6 Å². The lowest BCUT2D eigenvalue weighted by atomic mass is 9.83. The molecule has 0 radical (unpaired) electrons. The molecule has 2 amide bonds. The Kier molecular flexibility index (Phi) is 7.67. The molecule has 0 spiro atoms. The van der Waals surface area contributed by atoms with Gasteiger partial charge in [0.05, 0.1) is 17.8 Å². The van der Waals surface area contributed by atoms with Gasteiger partial charge in [0.1, 0.15) is 11.0 Å². The minimum absolute atomic E-state index is 0.0315. The van der Waals surface area contributed by atoms with E-state index in [0.717, 1.165) is 54.8 Å². The Morgan fingerprint density at radius 1 is 1.03 bits per heavy atom. The molecule has 1 aliphatic carbocycles. The summed E-state index contributed by atoms with van der Waals surface area (Å²) < 4.78 is 0. The number of likely N-dealkylation sites (N-methyl/N-ethyl adjacent to an activating group) is 1. The van der Waals surface area contributed by atoms with Gasteiger partial charge in [0.15, 0.2) is 0 Å². The summed E-state index contributed by atoms with van der Waals surface area (Å²) in [5.74, 6) is 0.149. The van der Waals surface area contributed by atoms with E-state index in [2.05, 4.69) is 58.5 Å². The number of nitrogens with one attached hydrogen (secondary N) is 2. The lowest BCUT2D eigenvalue weighted by molar-refractivity contribution is -0.139. The van der Waals surface area contributed by atoms with Crippen molar-refractivity contribution >= 4 is 33.9 Å². The molecular weight excluding hydrogens is 468 g/mol. The second-order valence-corrected chi connectivity index (χ2v) is 11.1. The number of likely N-dealkylation sites (tertiary alicyclic amines) is 1. The van der Waals surface area contributed by atoms with E-state index < -0.39 is 6.04 Å². The van der Waals surface area contributed by atoms with Crippen molar-refractivity contribution in [2.24, 2.45) is 5.92 Å². The van der Waals surface area contributed by atoms with E-state index in [1.165, 1.54) is 17.2 Å². The van der Waals surface area contributed by atoms with Gasteiger partial charge < -0.3 is 15.5 Å². The van der Waals surface area contributed by atoms with Crippen LogP contribution in [-0.4, -0.2) is 47.4 Å². The van der Waals surface area contributed by atoms with Crippen LogP contribution in [0.3, 0.4) is 0 Å². The van der Waals surface area contributed by atoms with Crippen LogP contribution in [0.4, 0.5) is 0 Å². The number of fused-ring (bicyclic) bond motifs is 1. The molecule has 2 aromatic carbocycles. The average Bonchev–Trinajstić information content (AvgIpc) is 3.61. The second kappa shape index (κ2) is 11.1. The molecule has 2 aliphatic rings. The average molecular weight is 505 g/mol. The van der Waals surface area contributed by atoms with E-state index in [1.807, 2.05) is 11.8 Å². The van der Waals surface area contributed by atoms with Gasteiger partial charge in [-0.3, -0.25) is 9.59 Å². The number of hydrogen-bond acceptors (Lipinski definition) is 5. The van der Waals surface area contributed by atoms with Gasteiger partial charge in [0.25, 0.3) is 0 Å². The van der Waals surface area contributed by atoms with Crippen LogP contribution in [0.1, 0.15) is 62.9 Å². The quantitative estimate of drug-likeness (QED) is 0.458. The van der Waals surface area contributed by atoms with Crippen LogP contribution in [0.2, 0.25) is 0 Å². The summed E-state index contributed by atoms with van der Waals surface area (Å²) in [6, 6.07) is 13.9. The molecule has 1 saturated carbocycles. The molecule has 7 heteroatoms. The van der Waals surface area contributed by atoms with Crippen LogP contribution in [0.5, 0.6) is 0 Å². The third kappa shape index (κ3) is 5.04. The highest BCUT2D eigenvalue weighted by atomic mass is 32.1. The molecule has 1 aliphatic heterocycles. The van der Waals surface area contributed by atoms with Gasteiger partial charge >= 0.3 is 0 Å². The summed E-state index contributed by atoms with van der Waals surface area (Å²) in [6.45, 7) is 2.55. The van der Waals surface area contributed by atoms with Crippen molar-refractivity contribution in [2.75, 3.05) is 13.6 Å². The number of benzene rings is 2. The maximum atomic E-state index is 14.0. The van der Waals surface area contributed by atoms with Gasteiger partial charge in [-0.2, -0.15) is 0 Å². The van der Waals surface area contributed by atoms with Gasteiger partial charge in [-0.1, -0.05) is 61.7 Å². The topological polar surface area (TPSA) is 74.3 Å². The first-order valence-electron chi connectivity index (χ1n) is 13.3. The van der Waals surface area contributed by atoms with E-state index >= 15 is 0 Å². The molecule has 190 valence electrons. The zero-order chi connectivity index (χ0) is 25.1. The molecule has 5 rings (SSSR count). The highest BCUT2D eigenvalue weighted by Crippen LogP contribution is 2.38. The molecule has 1 aromatic heterocycles. The lowest BCUT2D eigenvalue weighted by Crippen LogP contribution is -2.55. The first kappa shape index (κ1) is 24.9. The number of thiazole rings is 1. The van der Waals surface area contributed by atoms with Crippen LogP contribution in [0.25, 0.3) is 22.0 Å². The zero-order valence-electron chi connectivity index (χ0n) is 21.2. The third-order valence-electron chi connectivity index (χ3n) is 7.92.